The summed E-state index contributed by atoms with van der Waals surface area (Å²) >= 11 is 0. The van der Waals surface area contributed by atoms with Crippen LogP contribution in [-0.2, 0) is 0 Å². The Balaban J connectivity index is 0. The molecule has 0 saturated heterocycles. The molecule has 0 bridgehead atoms. The van der Waals surface area contributed by atoms with Gasteiger partial charge < -0.3 is 48.0 Å². The average molecular weight is 479 g/mol. The van der Waals surface area contributed by atoms with Crippen molar-refractivity contribution in [1.29, 1.82) is 0 Å². The standard InChI is InChI=1S/CH4.Bi.2HI/h1H4;;2*1H/q;+2;;/p-2. The van der Waals surface area contributed by atoms with Crippen LogP contribution in [0.5, 0.6) is 0 Å². The topological polar surface area (TPSA) is 0 Å². The van der Waals surface area contributed by atoms with E-state index in [-0.39, 0.29) is 81.6 Å². The minimum atomic E-state index is 0. The molecule has 0 heterocycles. The van der Waals surface area contributed by atoms with Crippen LogP contribution in [0, 0.1) is 0 Å². The normalized spacial score (nSPS) is 0. The maximum atomic E-state index is 0. The van der Waals surface area contributed by atoms with Gasteiger partial charge >= 0.3 is 26.2 Å². The van der Waals surface area contributed by atoms with Crippen molar-refractivity contribution in [2.24, 2.45) is 0 Å². The number of hydrogen-bond donors (Lipinski definition) is 0. The molecule has 0 aromatic heterocycles. The summed E-state index contributed by atoms with van der Waals surface area (Å²) in [4.78, 5) is 0. The van der Waals surface area contributed by atoms with Crippen LogP contribution in [0.4, 0.5) is 0 Å². The van der Waals surface area contributed by atoms with E-state index < -0.39 is 0 Å². The molecule has 0 N–H and O–H groups in total. The molecule has 0 saturated carbocycles. The van der Waals surface area contributed by atoms with Gasteiger partial charge in [0.05, 0.1) is 0 Å². The van der Waals surface area contributed by atoms with Crippen molar-refractivity contribution >= 4 is 26.2 Å². The van der Waals surface area contributed by atoms with Gasteiger partial charge in [0.1, 0.15) is 0 Å². The molecule has 3 heteroatoms. The summed E-state index contributed by atoms with van der Waals surface area (Å²) in [7, 11) is 0. The SMILES string of the molecule is C.[Bi+2].[I-].[I-]. The average Bonchev–Trinajstić information content (AvgIpc) is 0. The zero-order chi connectivity index (χ0) is 0. The molecular weight excluding hydrogens is 475 g/mol. The van der Waals surface area contributed by atoms with E-state index in [9.17, 15) is 0 Å². The summed E-state index contributed by atoms with van der Waals surface area (Å²) < 4.78 is 0. The van der Waals surface area contributed by atoms with Gasteiger partial charge in [0.25, 0.3) is 0 Å². The molecule has 0 nitrogen and oxygen atoms in total. The van der Waals surface area contributed by atoms with Gasteiger partial charge in [-0.2, -0.15) is 0 Å². The monoisotopic (exact) mass is 479 g/mol. The van der Waals surface area contributed by atoms with Gasteiger partial charge in [0.2, 0.25) is 0 Å². The molecule has 0 atom stereocenters. The summed E-state index contributed by atoms with van der Waals surface area (Å²) in [6.07, 6.45) is 0. The van der Waals surface area contributed by atoms with E-state index in [1.54, 1.807) is 0 Å². The second-order valence-corrected chi connectivity index (χ2v) is 0. The van der Waals surface area contributed by atoms with E-state index in [0.29, 0.717) is 0 Å². The Morgan fingerprint density at radius 3 is 0.750 bits per heavy atom. The quantitative estimate of drug-likeness (QED) is 0.241. The maximum absolute atomic E-state index is 0. The van der Waals surface area contributed by atoms with Crippen LogP contribution >= 0.6 is 0 Å². The summed E-state index contributed by atoms with van der Waals surface area (Å²) in [5, 5.41) is 0. The molecule has 0 rings (SSSR count). The van der Waals surface area contributed by atoms with Crippen LogP contribution in [0.25, 0.3) is 0 Å². The van der Waals surface area contributed by atoms with Crippen LogP contribution in [0.1, 0.15) is 7.43 Å². The van der Waals surface area contributed by atoms with E-state index in [1.165, 1.54) is 0 Å². The van der Waals surface area contributed by atoms with Gasteiger partial charge in [-0.1, -0.05) is 7.43 Å². The van der Waals surface area contributed by atoms with Crippen molar-refractivity contribution in [2.75, 3.05) is 0 Å². The van der Waals surface area contributed by atoms with Crippen LogP contribution in [-0.4, -0.2) is 26.2 Å². The van der Waals surface area contributed by atoms with Crippen LogP contribution in [0.3, 0.4) is 0 Å². The third-order valence-electron chi connectivity index (χ3n) is 0. The molecule has 0 unspecified atom stereocenters. The minimum Gasteiger partial charge on any atom is -1.00 e. The molecule has 0 amide bonds. The molecule has 4 heavy (non-hydrogen) atoms. The first-order valence-electron chi connectivity index (χ1n) is 0. The summed E-state index contributed by atoms with van der Waals surface area (Å²) in [5.74, 6) is 0. The fraction of sp³-hybridized carbons (Fsp3) is 1.00. The fourth-order valence-corrected chi connectivity index (χ4v) is 0. The molecule has 0 aliphatic carbocycles. The second-order valence-electron chi connectivity index (χ2n) is 0. The third kappa shape index (κ3) is 8.84. The molecule has 0 fully saturated rings. The van der Waals surface area contributed by atoms with Gasteiger partial charge in [-0.3, -0.25) is 0 Å². The Bertz CT molecular complexity index is 6.00. The fourth-order valence-electron chi connectivity index (χ4n) is 0. The van der Waals surface area contributed by atoms with E-state index in [4.69, 9.17) is 0 Å². The molecule has 0 aromatic rings. The van der Waals surface area contributed by atoms with E-state index in [1.807, 2.05) is 0 Å². The third-order valence-corrected chi connectivity index (χ3v) is 0. The largest absolute Gasteiger partial charge is 2.00 e. The van der Waals surface area contributed by atoms with Crippen LogP contribution in [0.2, 0.25) is 0 Å². The number of halogens is 2. The second kappa shape index (κ2) is 18.4. The van der Waals surface area contributed by atoms with E-state index >= 15 is 0 Å². The molecular formula is CH4BiI2. The number of hydrogen-bond acceptors (Lipinski definition) is 0. The van der Waals surface area contributed by atoms with Gasteiger partial charge in [-0.25, -0.2) is 0 Å². The Kier molecular flexibility index (Phi) is 151. The van der Waals surface area contributed by atoms with Gasteiger partial charge in [0, 0.05) is 0 Å². The van der Waals surface area contributed by atoms with Crippen molar-refractivity contribution < 1.29 is 48.0 Å². The van der Waals surface area contributed by atoms with Crippen molar-refractivity contribution in [3.63, 3.8) is 0 Å². The predicted octanol–water partition coefficient (Wildman–Crippen LogP) is -5.74. The van der Waals surface area contributed by atoms with Gasteiger partial charge in [-0.05, 0) is 0 Å². The van der Waals surface area contributed by atoms with Crippen molar-refractivity contribution in [1.82, 2.24) is 0 Å². The summed E-state index contributed by atoms with van der Waals surface area (Å²) in [6, 6.07) is 0. The molecule has 3 radical (unpaired) electrons. The molecule has 0 spiro atoms. The van der Waals surface area contributed by atoms with Crippen LogP contribution < -0.4 is 48.0 Å². The Labute approximate surface area is 80.3 Å². The first kappa shape index (κ1) is 33.0. The van der Waals surface area contributed by atoms with Gasteiger partial charge in [0.15, 0.2) is 0 Å². The van der Waals surface area contributed by atoms with E-state index in [0.717, 1.165) is 0 Å². The Morgan fingerprint density at radius 2 is 0.750 bits per heavy atom. The van der Waals surface area contributed by atoms with Gasteiger partial charge in [-0.15, -0.1) is 0 Å². The molecule has 0 aliphatic rings. The zero-order valence-corrected chi connectivity index (χ0v) is 9.00. The Morgan fingerprint density at radius 1 is 0.750 bits per heavy atom. The molecule has 0 aromatic carbocycles. The first-order chi connectivity index (χ1) is 0. The van der Waals surface area contributed by atoms with Crippen molar-refractivity contribution in [2.45, 2.75) is 7.43 Å². The number of rotatable bonds is 0. The Hall–Kier alpha value is 2.34. The predicted molar refractivity (Wildman–Crippen MR) is 12.5 cm³/mol. The summed E-state index contributed by atoms with van der Waals surface area (Å²) in [6.45, 7) is 0. The maximum Gasteiger partial charge on any atom is 2.00 e. The molecule has 0 aliphatic heterocycles. The minimum absolute atomic E-state index is 0. The van der Waals surface area contributed by atoms with Crippen LogP contribution in [0.15, 0.2) is 0 Å². The molecule has 27 valence electrons. The van der Waals surface area contributed by atoms with E-state index in [2.05, 4.69) is 0 Å². The summed E-state index contributed by atoms with van der Waals surface area (Å²) in [5.41, 5.74) is 0. The first-order valence-corrected chi connectivity index (χ1v) is 0. The smallest absolute Gasteiger partial charge is 1.00 e. The van der Waals surface area contributed by atoms with Crippen molar-refractivity contribution in [3.05, 3.63) is 0 Å². The van der Waals surface area contributed by atoms with Crippen molar-refractivity contribution in [3.8, 4) is 0 Å². The zero-order valence-electron chi connectivity index (χ0n) is 1.20.